The van der Waals surface area contributed by atoms with Crippen LogP contribution in [0.2, 0.25) is 0 Å². The number of urea groups is 2. The molecular weight excluding hydrogens is 707 g/mol. The third kappa shape index (κ3) is 9.10. The molecule has 0 radical (unpaired) electrons. The van der Waals surface area contributed by atoms with Crippen LogP contribution in [0.15, 0.2) is 41.8 Å². The van der Waals surface area contributed by atoms with Crippen LogP contribution in [-0.4, -0.2) is 140 Å². The number of hydrogen-bond acceptors (Lipinski definition) is 15. The molecule has 2 atom stereocenters. The molecule has 4 aliphatic heterocycles. The monoisotopic (exact) mass is 736 g/mol. The van der Waals surface area contributed by atoms with E-state index in [1.54, 1.807) is 42.2 Å². The number of ketones is 1. The van der Waals surface area contributed by atoms with Gasteiger partial charge in [0, 0.05) is 39.0 Å². The summed E-state index contributed by atoms with van der Waals surface area (Å²) in [7, 11) is -9.83. The molecule has 49 heavy (non-hydrogen) atoms. The fraction of sp³-hybridized carbons (Fsp3) is 0.417. The summed E-state index contributed by atoms with van der Waals surface area (Å²) in [5.41, 5.74) is 7.96. The second-order valence-corrected chi connectivity index (χ2v) is 12.5. The molecular formula is C24H29N10NaO12S2. The van der Waals surface area contributed by atoms with Gasteiger partial charge in [-0.3, -0.25) is 9.35 Å². The minimum absolute atomic E-state index is 0. The van der Waals surface area contributed by atoms with E-state index in [2.05, 4.69) is 23.9 Å². The van der Waals surface area contributed by atoms with Crippen LogP contribution in [0, 0.1) is 0 Å². The second kappa shape index (κ2) is 15.0. The van der Waals surface area contributed by atoms with Gasteiger partial charge in [-0.1, -0.05) is 5.16 Å². The summed E-state index contributed by atoms with van der Waals surface area (Å²) in [4.78, 5) is 43.1. The molecule has 260 valence electrons. The zero-order chi connectivity index (χ0) is 35.0. The topological polar surface area (TPSA) is 277 Å². The molecule has 4 bridgehead atoms. The van der Waals surface area contributed by atoms with Crippen LogP contribution in [0.1, 0.15) is 30.0 Å². The van der Waals surface area contributed by atoms with Crippen LogP contribution in [0.3, 0.4) is 0 Å². The van der Waals surface area contributed by atoms with Crippen molar-refractivity contribution in [1.29, 1.82) is 0 Å². The van der Waals surface area contributed by atoms with Gasteiger partial charge in [0.2, 0.25) is 10.4 Å². The van der Waals surface area contributed by atoms with Gasteiger partial charge in [0.15, 0.2) is 5.78 Å². The van der Waals surface area contributed by atoms with Gasteiger partial charge in [0.1, 0.15) is 35.8 Å². The van der Waals surface area contributed by atoms with Crippen molar-refractivity contribution in [3.8, 4) is 0 Å². The summed E-state index contributed by atoms with van der Waals surface area (Å²) >= 11 is 0. The predicted octanol–water partition coefficient (Wildman–Crippen LogP) is -4.28. The van der Waals surface area contributed by atoms with Crippen molar-refractivity contribution in [2.24, 2.45) is 10.9 Å². The van der Waals surface area contributed by atoms with Gasteiger partial charge in [-0.25, -0.2) is 27.4 Å². The summed E-state index contributed by atoms with van der Waals surface area (Å²) < 4.78 is 74.2. The van der Waals surface area contributed by atoms with Crippen LogP contribution >= 0.6 is 0 Å². The molecule has 0 aromatic carbocycles. The molecule has 0 saturated carbocycles. The van der Waals surface area contributed by atoms with Crippen LogP contribution in [0.4, 0.5) is 9.59 Å². The SMILES string of the molecule is C/C(=N/OCCN)c1ccn(C2=CC3CN(C2)C(=O)N3OS(=O)(=O)O)n1.CC(=O)c1ccn(C2=CC3CN(C2)C(=O)N3OS(=O)(=O)[O-])n1.[Na+]. The molecule has 2 saturated heterocycles. The van der Waals surface area contributed by atoms with Gasteiger partial charge in [-0.2, -0.15) is 33.0 Å². The number of amides is 4. The van der Waals surface area contributed by atoms with Crippen molar-refractivity contribution in [1.82, 2.24) is 39.5 Å². The molecule has 2 aromatic rings. The van der Waals surface area contributed by atoms with Gasteiger partial charge < -0.3 is 24.9 Å². The van der Waals surface area contributed by atoms with E-state index in [0.717, 1.165) is 0 Å². The summed E-state index contributed by atoms with van der Waals surface area (Å²) in [6.07, 6.45) is 6.48. The maximum atomic E-state index is 12.1. The van der Waals surface area contributed by atoms with Gasteiger partial charge in [-0.15, -0.1) is 4.28 Å². The zero-order valence-corrected chi connectivity index (χ0v) is 29.9. The van der Waals surface area contributed by atoms with E-state index in [1.807, 2.05) is 0 Å². The Balaban J connectivity index is 0.000000219. The van der Waals surface area contributed by atoms with E-state index in [-0.39, 0.29) is 67.2 Å². The predicted molar refractivity (Wildman–Crippen MR) is 159 cm³/mol. The van der Waals surface area contributed by atoms with Gasteiger partial charge in [0.25, 0.3) is 0 Å². The number of hydrogen-bond donors (Lipinski definition) is 2. The Bertz CT molecular complexity index is 1930. The average Bonchev–Trinajstić information content (AvgIpc) is 3.79. The van der Waals surface area contributed by atoms with Gasteiger partial charge >= 0.3 is 52.0 Å². The van der Waals surface area contributed by atoms with E-state index < -0.39 is 44.9 Å². The van der Waals surface area contributed by atoms with Gasteiger partial charge in [0.05, 0.1) is 24.5 Å². The molecule has 4 aliphatic rings. The number of oxime groups is 1. The van der Waals surface area contributed by atoms with E-state index in [4.69, 9.17) is 15.1 Å². The summed E-state index contributed by atoms with van der Waals surface area (Å²) in [5, 5.41) is 13.5. The maximum Gasteiger partial charge on any atom is 1.00 e. The van der Waals surface area contributed by atoms with Crippen molar-refractivity contribution >= 4 is 55.7 Å². The number of nitrogens with two attached hydrogens (primary N) is 1. The molecule has 2 aromatic heterocycles. The van der Waals surface area contributed by atoms with Crippen molar-refractivity contribution in [3.05, 3.63) is 48.1 Å². The first-order valence-electron chi connectivity index (χ1n) is 13.9. The smallest absolute Gasteiger partial charge is 0.724 e. The zero-order valence-electron chi connectivity index (χ0n) is 26.2. The van der Waals surface area contributed by atoms with E-state index >= 15 is 0 Å². The standard InChI is InChI=1S/C13H18N6O6S.C11H12N4O6S.Na/c1-9(16-24-5-3-14)12-2-4-18(15-12)10-6-11-8-17(7-10)13(20)19(11)25-26(21,22)23;1-7(16)10-2-3-14(12-10)8-4-9-6-13(5-8)11(17)15(9)21-22(18,19)20;/h2,4,6,11H,3,5,7-8,14H2,1H3,(H,21,22,23);2-4,9H,5-6H2,1H3,(H,18,19,20);/q;;+1/p-1/b16-9-;;. The number of carbonyl (C=O) groups is 3. The second-order valence-electron chi connectivity index (χ2n) is 10.6. The Hall–Kier alpha value is -3.72. The average molecular weight is 737 g/mol. The molecule has 25 heteroatoms. The Kier molecular flexibility index (Phi) is 11.7. The first kappa shape index (κ1) is 38.1. The molecule has 2 unspecified atom stereocenters. The largest absolute Gasteiger partial charge is 1.00 e. The first-order chi connectivity index (χ1) is 22.5. The normalized spacial score (nSPS) is 20.5. The number of rotatable bonds is 11. The van der Waals surface area contributed by atoms with Crippen LogP contribution in [0.5, 0.6) is 0 Å². The fourth-order valence-corrected chi connectivity index (χ4v) is 5.77. The van der Waals surface area contributed by atoms with Crippen LogP contribution in [0.25, 0.3) is 11.4 Å². The van der Waals surface area contributed by atoms with Crippen LogP contribution < -0.4 is 35.3 Å². The molecule has 6 heterocycles. The number of aromatic nitrogens is 4. The fourth-order valence-electron chi connectivity index (χ4n) is 5.03. The minimum Gasteiger partial charge on any atom is -0.724 e. The van der Waals surface area contributed by atoms with E-state index in [9.17, 15) is 35.8 Å². The van der Waals surface area contributed by atoms with Crippen LogP contribution in [-0.2, 0) is 34.2 Å². The quantitative estimate of drug-likeness (QED) is 0.0420. The minimum atomic E-state index is -5.04. The number of Topliss-reactive ketones (excluding diaryl/α,β-unsaturated/α-hetero) is 1. The maximum absolute atomic E-state index is 12.1. The molecule has 3 N–H and O–H groups in total. The van der Waals surface area contributed by atoms with E-state index in [1.165, 1.54) is 27.5 Å². The number of nitrogens with zero attached hydrogens (tertiary/aromatic N) is 9. The number of fused-ring (bicyclic) bond motifs is 4. The summed E-state index contributed by atoms with van der Waals surface area (Å²) in [5.74, 6) is -0.197. The molecule has 6 rings (SSSR count). The van der Waals surface area contributed by atoms with Gasteiger partial charge in [-0.05, 0) is 31.2 Å². The number of carbonyl (C=O) groups excluding carboxylic acids is 3. The van der Waals surface area contributed by atoms with Crippen molar-refractivity contribution in [3.63, 3.8) is 0 Å². The van der Waals surface area contributed by atoms with E-state index in [0.29, 0.717) is 46.1 Å². The molecule has 0 aliphatic carbocycles. The van der Waals surface area contributed by atoms with Crippen molar-refractivity contribution < 1.29 is 83.3 Å². The molecule has 2 fully saturated rings. The molecule has 0 spiro atoms. The molecule has 22 nitrogen and oxygen atoms in total. The Morgan fingerprint density at radius 3 is 1.88 bits per heavy atom. The Labute approximate surface area is 301 Å². The third-order valence-corrected chi connectivity index (χ3v) is 7.76. The summed E-state index contributed by atoms with van der Waals surface area (Å²) in [6, 6.07) is 0.515. The Morgan fingerprint density at radius 2 is 1.43 bits per heavy atom. The first-order valence-corrected chi connectivity index (χ1v) is 16.6. The molecule has 4 amide bonds. The Morgan fingerprint density at radius 1 is 0.939 bits per heavy atom. The third-order valence-electron chi connectivity index (χ3n) is 7.07. The van der Waals surface area contributed by atoms with Crippen molar-refractivity contribution in [2.75, 3.05) is 39.3 Å². The number of hydroxylamine groups is 4. The summed E-state index contributed by atoms with van der Waals surface area (Å²) in [6.45, 7) is 4.59. The van der Waals surface area contributed by atoms with Crippen molar-refractivity contribution in [2.45, 2.75) is 25.9 Å².